The average Bonchev–Trinajstić information content (AvgIpc) is 2.97. The van der Waals surface area contributed by atoms with Crippen molar-refractivity contribution in [3.8, 4) is 0 Å². The molecule has 6 nitrogen and oxygen atoms in total. The summed E-state index contributed by atoms with van der Waals surface area (Å²) in [6.07, 6.45) is 1.33. The van der Waals surface area contributed by atoms with Crippen LogP contribution >= 0.6 is 11.8 Å². The topological polar surface area (TPSA) is 85.1 Å². The highest BCUT2D eigenvalue weighted by Crippen LogP contribution is 2.26. The van der Waals surface area contributed by atoms with Gasteiger partial charge in [0.05, 0.1) is 11.5 Å². The Kier molecular flexibility index (Phi) is 3.81. The van der Waals surface area contributed by atoms with Crippen LogP contribution in [0.4, 0.5) is 0 Å². The normalized spacial score (nSPS) is 30.5. The summed E-state index contributed by atoms with van der Waals surface area (Å²) in [5.41, 5.74) is 0. The van der Waals surface area contributed by atoms with E-state index in [2.05, 4.69) is 15.5 Å². The van der Waals surface area contributed by atoms with Gasteiger partial charge in [0.1, 0.15) is 0 Å². The van der Waals surface area contributed by atoms with Crippen molar-refractivity contribution in [3.05, 3.63) is 11.7 Å². The smallest absolute Gasteiger partial charge is 0.228 e. The van der Waals surface area contributed by atoms with Gasteiger partial charge in [-0.05, 0) is 6.42 Å². The fourth-order valence-corrected chi connectivity index (χ4v) is 5.17. The van der Waals surface area contributed by atoms with Crippen molar-refractivity contribution in [3.63, 3.8) is 0 Å². The fourth-order valence-electron chi connectivity index (χ4n) is 2.48. The molecule has 2 aliphatic heterocycles. The first-order valence-corrected chi connectivity index (χ1v) is 9.44. The van der Waals surface area contributed by atoms with E-state index in [0.29, 0.717) is 24.2 Å². The molecule has 3 heterocycles. The Morgan fingerprint density at radius 3 is 3.05 bits per heavy atom. The lowest BCUT2D eigenvalue weighted by Crippen LogP contribution is -2.38. The maximum absolute atomic E-state index is 11.4. The highest BCUT2D eigenvalue weighted by atomic mass is 32.2. The minimum absolute atomic E-state index is 0.0869. The molecule has 0 aromatic carbocycles. The van der Waals surface area contributed by atoms with Gasteiger partial charge in [-0.25, -0.2) is 8.42 Å². The zero-order chi connectivity index (χ0) is 13.3. The highest BCUT2D eigenvalue weighted by Gasteiger charge is 2.32. The SMILES string of the molecule is O=S1(=O)CCC(c2noc(CC3CSCCN3)n2)C1. The second-order valence-electron chi connectivity index (χ2n) is 5.08. The third kappa shape index (κ3) is 3.29. The quantitative estimate of drug-likeness (QED) is 0.855. The van der Waals surface area contributed by atoms with E-state index in [9.17, 15) is 8.42 Å². The van der Waals surface area contributed by atoms with Crippen LogP contribution in [-0.2, 0) is 16.3 Å². The predicted octanol–water partition coefficient (Wildman–Crippen LogP) is 0.219. The largest absolute Gasteiger partial charge is 0.339 e. The molecule has 0 bridgehead atoms. The molecule has 2 atom stereocenters. The first kappa shape index (κ1) is 13.4. The van der Waals surface area contributed by atoms with Crippen LogP contribution in [0, 0.1) is 0 Å². The van der Waals surface area contributed by atoms with Gasteiger partial charge in [0.2, 0.25) is 5.89 Å². The molecule has 0 aliphatic carbocycles. The van der Waals surface area contributed by atoms with Crippen molar-refractivity contribution in [2.45, 2.75) is 24.8 Å². The molecule has 0 saturated carbocycles. The van der Waals surface area contributed by atoms with Crippen molar-refractivity contribution < 1.29 is 12.9 Å². The van der Waals surface area contributed by atoms with E-state index >= 15 is 0 Å². The molecule has 1 N–H and O–H groups in total. The first-order valence-electron chi connectivity index (χ1n) is 6.46. The Hall–Kier alpha value is -0.600. The Bertz CT molecular complexity index is 537. The summed E-state index contributed by atoms with van der Waals surface area (Å²) >= 11 is 1.92. The maximum atomic E-state index is 11.4. The van der Waals surface area contributed by atoms with E-state index in [0.717, 1.165) is 24.5 Å². The molecule has 2 aliphatic rings. The molecule has 0 radical (unpaired) electrons. The summed E-state index contributed by atoms with van der Waals surface area (Å²) < 4.78 is 28.1. The third-order valence-corrected chi connectivity index (χ3v) is 6.40. The van der Waals surface area contributed by atoms with Gasteiger partial charge in [0.25, 0.3) is 0 Å². The van der Waals surface area contributed by atoms with Crippen LogP contribution in [0.2, 0.25) is 0 Å². The van der Waals surface area contributed by atoms with Crippen molar-refractivity contribution in [1.29, 1.82) is 0 Å². The van der Waals surface area contributed by atoms with Crippen molar-refractivity contribution >= 4 is 21.6 Å². The number of nitrogens with one attached hydrogen (secondary N) is 1. The van der Waals surface area contributed by atoms with Crippen LogP contribution in [0.15, 0.2) is 4.52 Å². The van der Waals surface area contributed by atoms with E-state index in [4.69, 9.17) is 4.52 Å². The van der Waals surface area contributed by atoms with Crippen molar-refractivity contribution in [2.24, 2.45) is 0 Å². The summed E-state index contributed by atoms with van der Waals surface area (Å²) in [5.74, 6) is 3.67. The van der Waals surface area contributed by atoms with Gasteiger partial charge in [-0.2, -0.15) is 16.7 Å². The molecule has 19 heavy (non-hydrogen) atoms. The van der Waals surface area contributed by atoms with E-state index in [-0.39, 0.29) is 17.4 Å². The fraction of sp³-hybridized carbons (Fsp3) is 0.818. The maximum Gasteiger partial charge on any atom is 0.228 e. The van der Waals surface area contributed by atoms with Gasteiger partial charge in [0, 0.05) is 36.4 Å². The highest BCUT2D eigenvalue weighted by molar-refractivity contribution is 7.99. The lowest BCUT2D eigenvalue weighted by atomic mass is 10.1. The Morgan fingerprint density at radius 2 is 2.37 bits per heavy atom. The van der Waals surface area contributed by atoms with Gasteiger partial charge >= 0.3 is 0 Å². The molecule has 3 rings (SSSR count). The molecule has 2 saturated heterocycles. The number of rotatable bonds is 3. The lowest BCUT2D eigenvalue weighted by Gasteiger charge is -2.21. The molecule has 8 heteroatoms. The van der Waals surface area contributed by atoms with Gasteiger partial charge < -0.3 is 9.84 Å². The Morgan fingerprint density at radius 1 is 1.47 bits per heavy atom. The van der Waals surface area contributed by atoms with E-state index in [1.54, 1.807) is 0 Å². The van der Waals surface area contributed by atoms with E-state index in [1.807, 2.05) is 11.8 Å². The zero-order valence-corrected chi connectivity index (χ0v) is 12.2. The minimum atomic E-state index is -2.90. The molecule has 1 aromatic rings. The van der Waals surface area contributed by atoms with Gasteiger partial charge in [-0.15, -0.1) is 0 Å². The van der Waals surface area contributed by atoms with Gasteiger partial charge in [0.15, 0.2) is 15.7 Å². The molecule has 2 fully saturated rings. The molecule has 0 spiro atoms. The van der Waals surface area contributed by atoms with E-state index < -0.39 is 9.84 Å². The molecule has 0 amide bonds. The monoisotopic (exact) mass is 303 g/mol. The van der Waals surface area contributed by atoms with Crippen LogP contribution in [0.5, 0.6) is 0 Å². The van der Waals surface area contributed by atoms with Crippen LogP contribution in [0.25, 0.3) is 0 Å². The molecular weight excluding hydrogens is 286 g/mol. The van der Waals surface area contributed by atoms with Crippen LogP contribution < -0.4 is 5.32 Å². The molecular formula is C11H17N3O3S2. The summed E-state index contributed by atoms with van der Waals surface area (Å²) in [7, 11) is -2.90. The van der Waals surface area contributed by atoms with Crippen LogP contribution in [0.1, 0.15) is 24.1 Å². The number of hydrogen-bond donors (Lipinski definition) is 1. The summed E-state index contributed by atoms with van der Waals surface area (Å²) in [6.45, 7) is 1.01. The number of thioether (sulfide) groups is 1. The standard InChI is InChI=1S/C11H17N3O3S2/c15-19(16)4-1-8(7-19)11-13-10(17-14-11)5-9-6-18-3-2-12-9/h8-9,12H,1-7H2. The minimum Gasteiger partial charge on any atom is -0.339 e. The van der Waals surface area contributed by atoms with Crippen molar-refractivity contribution in [2.75, 3.05) is 29.6 Å². The van der Waals surface area contributed by atoms with E-state index in [1.165, 1.54) is 0 Å². The van der Waals surface area contributed by atoms with Gasteiger partial charge in [-0.1, -0.05) is 5.16 Å². The third-order valence-electron chi connectivity index (χ3n) is 3.50. The summed E-state index contributed by atoms with van der Waals surface area (Å²) in [4.78, 5) is 4.36. The molecule has 2 unspecified atom stereocenters. The summed E-state index contributed by atoms with van der Waals surface area (Å²) in [6, 6.07) is 0.374. The second kappa shape index (κ2) is 5.41. The number of nitrogens with zero attached hydrogens (tertiary/aromatic N) is 2. The van der Waals surface area contributed by atoms with Crippen LogP contribution in [0.3, 0.4) is 0 Å². The second-order valence-corrected chi connectivity index (χ2v) is 8.45. The zero-order valence-electron chi connectivity index (χ0n) is 10.5. The van der Waals surface area contributed by atoms with Crippen LogP contribution in [-0.4, -0.2) is 54.2 Å². The number of hydrogen-bond acceptors (Lipinski definition) is 7. The lowest BCUT2D eigenvalue weighted by molar-refractivity contribution is 0.356. The number of sulfone groups is 1. The number of aromatic nitrogens is 2. The Balaban J connectivity index is 1.63. The molecule has 1 aromatic heterocycles. The van der Waals surface area contributed by atoms with Crippen molar-refractivity contribution in [1.82, 2.24) is 15.5 Å². The first-order chi connectivity index (χ1) is 9.12. The predicted molar refractivity (Wildman–Crippen MR) is 73.1 cm³/mol. The average molecular weight is 303 g/mol. The summed E-state index contributed by atoms with van der Waals surface area (Å²) in [5, 5.41) is 7.36. The van der Waals surface area contributed by atoms with Gasteiger partial charge in [-0.3, -0.25) is 0 Å². The Labute approximate surface area is 116 Å². The molecule has 106 valence electrons.